The highest BCUT2D eigenvalue weighted by atomic mass is 19.1. The van der Waals surface area contributed by atoms with Crippen LogP contribution in [0.5, 0.6) is 0 Å². The Kier molecular flexibility index (Phi) is 4.79. The van der Waals surface area contributed by atoms with Crippen LogP contribution >= 0.6 is 0 Å². The average molecular weight is 278 g/mol. The van der Waals surface area contributed by atoms with Crippen molar-refractivity contribution in [2.24, 2.45) is 0 Å². The average Bonchev–Trinajstić information content (AvgIpc) is 2.66. The molecule has 1 unspecified atom stereocenters. The Morgan fingerprint density at radius 3 is 2.26 bits per heavy atom. The Balaban J connectivity index is 2.19. The summed E-state index contributed by atoms with van der Waals surface area (Å²) < 4.78 is 41.5. The topological polar surface area (TPSA) is 46.2 Å². The Hall–Kier alpha value is -0.270. The molecule has 5 nitrogen and oxygen atoms in total. The zero-order valence-electron chi connectivity index (χ0n) is 11.9. The van der Waals surface area contributed by atoms with Crippen LogP contribution in [0.1, 0.15) is 27.7 Å². The summed E-state index contributed by atoms with van der Waals surface area (Å²) >= 11 is 0. The van der Waals surface area contributed by atoms with E-state index in [1.807, 2.05) is 13.8 Å². The molecule has 0 aromatic carbocycles. The minimum absolute atomic E-state index is 0.383. The van der Waals surface area contributed by atoms with Gasteiger partial charge in [-0.1, -0.05) is 0 Å². The lowest BCUT2D eigenvalue weighted by Gasteiger charge is -2.41. The minimum Gasteiger partial charge on any atom is -0.373 e. The highest BCUT2D eigenvalue weighted by Crippen LogP contribution is 2.38. The molecule has 19 heavy (non-hydrogen) atoms. The van der Waals surface area contributed by atoms with Crippen molar-refractivity contribution >= 4 is 0 Å². The van der Waals surface area contributed by atoms with E-state index in [0.29, 0.717) is 13.2 Å². The van der Waals surface area contributed by atoms with Crippen molar-refractivity contribution in [2.45, 2.75) is 64.2 Å². The summed E-state index contributed by atoms with van der Waals surface area (Å²) in [7, 11) is 0. The van der Waals surface area contributed by atoms with Crippen molar-refractivity contribution in [3.8, 4) is 0 Å². The van der Waals surface area contributed by atoms with Crippen LogP contribution in [0.25, 0.3) is 0 Å². The summed E-state index contributed by atoms with van der Waals surface area (Å²) in [5.74, 6) is -0.757. The number of halogens is 1. The molecule has 0 aliphatic carbocycles. The first-order valence-electron chi connectivity index (χ1n) is 6.82. The lowest BCUT2D eigenvalue weighted by Crippen LogP contribution is -2.59. The quantitative estimate of drug-likeness (QED) is 0.765. The Morgan fingerprint density at radius 1 is 1.05 bits per heavy atom. The largest absolute Gasteiger partial charge is 0.373 e. The Morgan fingerprint density at radius 2 is 1.68 bits per heavy atom. The van der Waals surface area contributed by atoms with Crippen molar-refractivity contribution in [3.63, 3.8) is 0 Å². The minimum atomic E-state index is -0.757. The van der Waals surface area contributed by atoms with Gasteiger partial charge < -0.3 is 23.7 Å². The molecule has 0 aromatic heterocycles. The molecule has 0 aromatic rings. The van der Waals surface area contributed by atoms with Crippen LogP contribution in [0.15, 0.2) is 0 Å². The molecule has 2 heterocycles. The molecule has 0 bridgehead atoms. The fraction of sp³-hybridized carbons (Fsp3) is 1.00. The maximum Gasteiger partial charge on any atom is 0.190 e. The molecule has 2 aliphatic heterocycles. The van der Waals surface area contributed by atoms with Crippen molar-refractivity contribution in [3.05, 3.63) is 0 Å². The summed E-state index contributed by atoms with van der Waals surface area (Å²) in [6.07, 6.45) is -2.55. The van der Waals surface area contributed by atoms with Gasteiger partial charge in [-0.05, 0) is 27.7 Å². The monoisotopic (exact) mass is 278 g/mol. The van der Waals surface area contributed by atoms with E-state index in [9.17, 15) is 4.39 Å². The van der Waals surface area contributed by atoms with Gasteiger partial charge in [0.15, 0.2) is 12.1 Å². The number of hydrogen-bond acceptors (Lipinski definition) is 5. The van der Waals surface area contributed by atoms with Gasteiger partial charge in [0.25, 0.3) is 0 Å². The summed E-state index contributed by atoms with van der Waals surface area (Å²) in [6, 6.07) is 0. The standard InChI is InChI=1S/C13H23FO5/c1-5-15-9-8(7-14)17-12-11(10(9)16-6-2)18-13(3,4)19-12/h8-12H,5-7H2,1-4H3/t8?,9-,10-,11+,12+/m0/s1. The third-order valence-corrected chi connectivity index (χ3v) is 3.28. The molecule has 0 spiro atoms. The molecular formula is C13H23FO5. The summed E-state index contributed by atoms with van der Waals surface area (Å²) in [5, 5.41) is 0. The molecule has 2 rings (SSSR count). The van der Waals surface area contributed by atoms with E-state index in [1.165, 1.54) is 0 Å². The molecule has 112 valence electrons. The van der Waals surface area contributed by atoms with Crippen molar-refractivity contribution in [2.75, 3.05) is 19.9 Å². The third kappa shape index (κ3) is 3.08. The van der Waals surface area contributed by atoms with Crippen LogP contribution in [-0.2, 0) is 23.7 Å². The number of fused-ring (bicyclic) bond motifs is 1. The van der Waals surface area contributed by atoms with Crippen LogP contribution in [0.4, 0.5) is 4.39 Å². The first-order chi connectivity index (χ1) is 9.02. The molecular weight excluding hydrogens is 255 g/mol. The maximum absolute atomic E-state index is 13.2. The van der Waals surface area contributed by atoms with Crippen molar-refractivity contribution < 1.29 is 28.1 Å². The van der Waals surface area contributed by atoms with E-state index in [2.05, 4.69) is 0 Å². The molecule has 0 amide bonds. The van der Waals surface area contributed by atoms with E-state index >= 15 is 0 Å². The molecule has 2 saturated heterocycles. The summed E-state index contributed by atoms with van der Waals surface area (Å²) in [5.41, 5.74) is 0. The fourth-order valence-corrected chi connectivity index (χ4v) is 2.63. The first kappa shape index (κ1) is 15.1. The summed E-state index contributed by atoms with van der Waals surface area (Å²) in [6.45, 7) is 7.69. The van der Waals surface area contributed by atoms with Crippen LogP contribution in [0.2, 0.25) is 0 Å². The Labute approximate surface area is 113 Å². The van der Waals surface area contributed by atoms with Gasteiger partial charge in [0, 0.05) is 13.2 Å². The van der Waals surface area contributed by atoms with Crippen molar-refractivity contribution in [1.29, 1.82) is 0 Å². The zero-order valence-corrected chi connectivity index (χ0v) is 11.9. The van der Waals surface area contributed by atoms with E-state index in [1.54, 1.807) is 13.8 Å². The van der Waals surface area contributed by atoms with Crippen LogP contribution < -0.4 is 0 Å². The Bertz CT molecular complexity index is 297. The normalized spacial score (nSPS) is 41.2. The molecule has 0 N–H and O–H groups in total. The van der Waals surface area contributed by atoms with Crippen LogP contribution in [0, 0.1) is 0 Å². The predicted molar refractivity (Wildman–Crippen MR) is 65.5 cm³/mol. The number of hydrogen-bond donors (Lipinski definition) is 0. The second kappa shape index (κ2) is 6.01. The SMILES string of the molecule is CCO[C@@H]1[C@H]2OC(C)(C)O[C@H]2OC(CF)[C@@H]1OCC. The zero-order chi connectivity index (χ0) is 14.0. The molecule has 2 fully saturated rings. The molecule has 0 saturated carbocycles. The van der Waals surface area contributed by atoms with Gasteiger partial charge in [-0.25, -0.2) is 4.39 Å². The van der Waals surface area contributed by atoms with Gasteiger partial charge in [0.2, 0.25) is 0 Å². The lowest BCUT2D eigenvalue weighted by molar-refractivity contribution is -0.268. The second-order valence-electron chi connectivity index (χ2n) is 5.14. The van der Waals surface area contributed by atoms with Crippen LogP contribution in [0.3, 0.4) is 0 Å². The maximum atomic E-state index is 13.2. The van der Waals surface area contributed by atoms with E-state index < -0.39 is 37.1 Å². The van der Waals surface area contributed by atoms with Gasteiger partial charge in [-0.2, -0.15) is 0 Å². The van der Waals surface area contributed by atoms with E-state index in [0.717, 1.165) is 0 Å². The second-order valence-corrected chi connectivity index (χ2v) is 5.14. The van der Waals surface area contributed by atoms with Gasteiger partial charge in [0.05, 0.1) is 0 Å². The van der Waals surface area contributed by atoms with Crippen molar-refractivity contribution in [1.82, 2.24) is 0 Å². The smallest absolute Gasteiger partial charge is 0.190 e. The van der Waals surface area contributed by atoms with Crippen LogP contribution in [-0.4, -0.2) is 56.4 Å². The summed E-state index contributed by atoms with van der Waals surface area (Å²) in [4.78, 5) is 0. The number of rotatable bonds is 5. The highest BCUT2D eigenvalue weighted by Gasteiger charge is 2.55. The molecule has 2 aliphatic rings. The molecule has 6 heteroatoms. The number of ether oxygens (including phenoxy) is 5. The molecule has 5 atom stereocenters. The van der Waals surface area contributed by atoms with Gasteiger partial charge >= 0.3 is 0 Å². The predicted octanol–water partition coefficient (Wildman–Crippen LogP) is 1.64. The lowest BCUT2D eigenvalue weighted by atomic mass is 9.99. The highest BCUT2D eigenvalue weighted by molar-refractivity contribution is 4.96. The third-order valence-electron chi connectivity index (χ3n) is 3.28. The van der Waals surface area contributed by atoms with Gasteiger partial charge in [-0.3, -0.25) is 0 Å². The van der Waals surface area contributed by atoms with E-state index in [-0.39, 0.29) is 6.10 Å². The number of alkyl halides is 1. The van der Waals surface area contributed by atoms with Gasteiger partial charge in [-0.15, -0.1) is 0 Å². The van der Waals surface area contributed by atoms with Gasteiger partial charge in [0.1, 0.15) is 31.1 Å². The van der Waals surface area contributed by atoms with E-state index in [4.69, 9.17) is 23.7 Å². The fourth-order valence-electron chi connectivity index (χ4n) is 2.63. The molecule has 0 radical (unpaired) electrons. The first-order valence-corrected chi connectivity index (χ1v) is 6.82.